The van der Waals surface area contributed by atoms with Crippen molar-refractivity contribution in [3.05, 3.63) is 53.3 Å². The summed E-state index contributed by atoms with van der Waals surface area (Å²) in [6.45, 7) is 0. The summed E-state index contributed by atoms with van der Waals surface area (Å²) in [5.41, 5.74) is 2.11. The molecule has 1 N–H and O–H groups in total. The van der Waals surface area contributed by atoms with Crippen LogP contribution in [0.4, 0.5) is 0 Å². The highest BCUT2D eigenvalue weighted by atomic mass is 16.3. The van der Waals surface area contributed by atoms with Gasteiger partial charge in [0.25, 0.3) is 0 Å². The van der Waals surface area contributed by atoms with Crippen LogP contribution in [0, 0.1) is 0 Å². The fourth-order valence-electron chi connectivity index (χ4n) is 2.71. The summed E-state index contributed by atoms with van der Waals surface area (Å²) in [5, 5.41) is 15.3. The molecule has 0 bridgehead atoms. The van der Waals surface area contributed by atoms with Gasteiger partial charge in [-0.05, 0) is 36.5 Å². The van der Waals surface area contributed by atoms with E-state index in [9.17, 15) is 5.11 Å². The predicted octanol–water partition coefficient (Wildman–Crippen LogP) is 1.99. The van der Waals surface area contributed by atoms with E-state index in [1.54, 1.807) is 4.68 Å². The van der Waals surface area contributed by atoms with Crippen LogP contribution >= 0.6 is 0 Å². The Hall–Kier alpha value is -1.61. The third-order valence-electron chi connectivity index (χ3n) is 3.58. The molecule has 17 heavy (non-hydrogen) atoms. The summed E-state index contributed by atoms with van der Waals surface area (Å²) in [7, 11) is 1.88. The average molecular weight is 228 g/mol. The fourth-order valence-corrected chi connectivity index (χ4v) is 2.71. The molecule has 0 amide bonds. The fraction of sp³-hybridized carbons (Fsp3) is 0.357. The van der Waals surface area contributed by atoms with Crippen LogP contribution in [-0.4, -0.2) is 14.9 Å². The van der Waals surface area contributed by atoms with E-state index in [4.69, 9.17) is 0 Å². The predicted molar refractivity (Wildman–Crippen MR) is 65.6 cm³/mol. The van der Waals surface area contributed by atoms with Crippen LogP contribution in [0.15, 0.2) is 36.5 Å². The zero-order chi connectivity index (χ0) is 11.9. The van der Waals surface area contributed by atoms with E-state index in [1.807, 2.05) is 37.5 Å². The summed E-state index contributed by atoms with van der Waals surface area (Å²) in [6, 6.07) is 10.0. The molecule has 3 rings (SSSR count). The van der Waals surface area contributed by atoms with E-state index in [2.05, 4.69) is 11.2 Å². The van der Waals surface area contributed by atoms with Crippen molar-refractivity contribution in [2.24, 2.45) is 7.05 Å². The van der Waals surface area contributed by atoms with Gasteiger partial charge in [0.15, 0.2) is 0 Å². The standard InChI is InChI=1S/C14H16N2O/c1-16-10-8-13(15-16)14(17)9-4-6-11-5-2-3-7-12(11)14/h2-3,5,7-8,10,17H,4,6,9H2,1H3. The van der Waals surface area contributed by atoms with Gasteiger partial charge >= 0.3 is 0 Å². The van der Waals surface area contributed by atoms with Crippen molar-refractivity contribution < 1.29 is 5.11 Å². The van der Waals surface area contributed by atoms with Crippen molar-refractivity contribution >= 4 is 0 Å². The maximum Gasteiger partial charge on any atom is 0.134 e. The molecule has 88 valence electrons. The molecule has 1 aromatic heterocycles. The summed E-state index contributed by atoms with van der Waals surface area (Å²) in [5.74, 6) is 0. The van der Waals surface area contributed by atoms with Crippen LogP contribution in [0.1, 0.15) is 29.7 Å². The van der Waals surface area contributed by atoms with Crippen molar-refractivity contribution in [3.8, 4) is 0 Å². The number of rotatable bonds is 1. The Morgan fingerprint density at radius 1 is 1.29 bits per heavy atom. The van der Waals surface area contributed by atoms with Gasteiger partial charge in [-0.15, -0.1) is 0 Å². The Bertz CT molecular complexity index is 547. The second-order valence-corrected chi connectivity index (χ2v) is 4.75. The van der Waals surface area contributed by atoms with Gasteiger partial charge in [0.1, 0.15) is 5.60 Å². The van der Waals surface area contributed by atoms with Crippen molar-refractivity contribution in [1.82, 2.24) is 9.78 Å². The molecular formula is C14H16N2O. The lowest BCUT2D eigenvalue weighted by atomic mass is 9.77. The molecule has 1 aliphatic carbocycles. The van der Waals surface area contributed by atoms with Crippen molar-refractivity contribution in [1.29, 1.82) is 0 Å². The first-order chi connectivity index (χ1) is 8.20. The van der Waals surface area contributed by atoms with E-state index in [0.717, 1.165) is 30.5 Å². The number of hydrogen-bond acceptors (Lipinski definition) is 2. The molecular weight excluding hydrogens is 212 g/mol. The van der Waals surface area contributed by atoms with Gasteiger partial charge in [-0.25, -0.2) is 0 Å². The second kappa shape index (κ2) is 3.70. The van der Waals surface area contributed by atoms with Gasteiger partial charge in [0.05, 0.1) is 5.69 Å². The maximum absolute atomic E-state index is 10.9. The Labute approximate surface area is 101 Å². The third-order valence-corrected chi connectivity index (χ3v) is 3.58. The molecule has 0 aliphatic heterocycles. The van der Waals surface area contributed by atoms with Crippen molar-refractivity contribution in [2.45, 2.75) is 24.9 Å². The number of benzene rings is 1. The van der Waals surface area contributed by atoms with Gasteiger partial charge in [-0.1, -0.05) is 24.3 Å². The van der Waals surface area contributed by atoms with E-state index in [-0.39, 0.29) is 0 Å². The third kappa shape index (κ3) is 1.58. The molecule has 0 saturated heterocycles. The molecule has 3 nitrogen and oxygen atoms in total. The van der Waals surface area contributed by atoms with Crippen molar-refractivity contribution in [2.75, 3.05) is 0 Å². The highest BCUT2D eigenvalue weighted by Crippen LogP contribution is 2.39. The Balaban J connectivity index is 2.15. The topological polar surface area (TPSA) is 38.0 Å². The normalized spacial score (nSPS) is 23.4. The van der Waals surface area contributed by atoms with E-state index >= 15 is 0 Å². The highest BCUT2D eigenvalue weighted by molar-refractivity contribution is 5.40. The smallest absolute Gasteiger partial charge is 0.134 e. The molecule has 2 aromatic rings. The quantitative estimate of drug-likeness (QED) is 0.810. The average Bonchev–Trinajstić information content (AvgIpc) is 2.77. The molecule has 0 spiro atoms. The van der Waals surface area contributed by atoms with Gasteiger partial charge in [0, 0.05) is 13.2 Å². The second-order valence-electron chi connectivity index (χ2n) is 4.75. The number of hydrogen-bond donors (Lipinski definition) is 1. The molecule has 0 fully saturated rings. The van der Waals surface area contributed by atoms with E-state index in [0.29, 0.717) is 0 Å². The molecule has 1 aromatic carbocycles. The molecule has 0 radical (unpaired) electrons. The monoisotopic (exact) mass is 228 g/mol. The van der Waals surface area contributed by atoms with Gasteiger partial charge in [-0.2, -0.15) is 5.10 Å². The van der Waals surface area contributed by atoms with Gasteiger partial charge in [-0.3, -0.25) is 4.68 Å². The number of nitrogens with zero attached hydrogens (tertiary/aromatic N) is 2. The lowest BCUT2D eigenvalue weighted by Gasteiger charge is -2.33. The van der Waals surface area contributed by atoms with Crippen LogP contribution in [0.5, 0.6) is 0 Å². The Morgan fingerprint density at radius 2 is 2.12 bits per heavy atom. The molecule has 1 heterocycles. The maximum atomic E-state index is 10.9. The number of fused-ring (bicyclic) bond motifs is 1. The van der Waals surface area contributed by atoms with Crippen LogP contribution in [-0.2, 0) is 19.1 Å². The van der Waals surface area contributed by atoms with E-state index < -0.39 is 5.60 Å². The Kier molecular flexibility index (Phi) is 2.30. The minimum Gasteiger partial charge on any atom is -0.379 e. The largest absolute Gasteiger partial charge is 0.379 e. The zero-order valence-electron chi connectivity index (χ0n) is 9.93. The number of aryl methyl sites for hydroxylation is 2. The van der Waals surface area contributed by atoms with Crippen LogP contribution in [0.3, 0.4) is 0 Å². The van der Waals surface area contributed by atoms with Crippen LogP contribution in [0.25, 0.3) is 0 Å². The highest BCUT2D eigenvalue weighted by Gasteiger charge is 2.37. The van der Waals surface area contributed by atoms with E-state index in [1.165, 1.54) is 5.56 Å². The number of aromatic nitrogens is 2. The molecule has 1 unspecified atom stereocenters. The lowest BCUT2D eigenvalue weighted by molar-refractivity contribution is 0.0566. The molecule has 1 aliphatic rings. The van der Waals surface area contributed by atoms with Crippen LogP contribution in [0.2, 0.25) is 0 Å². The first-order valence-corrected chi connectivity index (χ1v) is 6.01. The lowest BCUT2D eigenvalue weighted by Crippen LogP contribution is -2.32. The summed E-state index contributed by atoms with van der Waals surface area (Å²) >= 11 is 0. The molecule has 0 saturated carbocycles. The number of aliphatic hydroxyl groups is 1. The molecule has 3 heteroatoms. The van der Waals surface area contributed by atoms with Crippen molar-refractivity contribution in [3.63, 3.8) is 0 Å². The molecule has 1 atom stereocenters. The zero-order valence-corrected chi connectivity index (χ0v) is 9.93. The van der Waals surface area contributed by atoms with Crippen LogP contribution < -0.4 is 0 Å². The minimum absolute atomic E-state index is 0.751. The summed E-state index contributed by atoms with van der Waals surface area (Å²) < 4.78 is 1.74. The first-order valence-electron chi connectivity index (χ1n) is 6.01. The minimum atomic E-state index is -0.907. The van der Waals surface area contributed by atoms with Gasteiger partial charge < -0.3 is 5.11 Å². The summed E-state index contributed by atoms with van der Waals surface area (Å²) in [4.78, 5) is 0. The SMILES string of the molecule is Cn1ccc(C2(O)CCCc3ccccc32)n1. The Morgan fingerprint density at radius 3 is 2.88 bits per heavy atom. The van der Waals surface area contributed by atoms with Gasteiger partial charge in [0.2, 0.25) is 0 Å². The summed E-state index contributed by atoms with van der Waals surface area (Å²) in [6.07, 6.45) is 4.68. The first kappa shape index (κ1) is 10.5.